The normalized spacial score (nSPS) is 15.3. The predicted molar refractivity (Wildman–Crippen MR) is 78.0 cm³/mol. The minimum atomic E-state index is -0.233. The lowest BCUT2D eigenvalue weighted by Crippen LogP contribution is -2.48. The van der Waals surface area contributed by atoms with Crippen LogP contribution in [0.15, 0.2) is 41.0 Å². The zero-order chi connectivity index (χ0) is 14.8. The van der Waals surface area contributed by atoms with Gasteiger partial charge in [-0.1, -0.05) is 0 Å². The van der Waals surface area contributed by atoms with E-state index in [1.807, 2.05) is 4.90 Å². The number of carbonyl (C=O) groups is 1. The molecule has 3 rings (SSSR count). The van der Waals surface area contributed by atoms with E-state index in [9.17, 15) is 9.18 Å². The minimum absolute atomic E-state index is 0.0139. The Kier molecular flexibility index (Phi) is 3.64. The van der Waals surface area contributed by atoms with Gasteiger partial charge in [0.05, 0.1) is 11.8 Å². The molecular weight excluding hydrogens is 271 g/mol. The van der Waals surface area contributed by atoms with E-state index < -0.39 is 0 Å². The quantitative estimate of drug-likeness (QED) is 0.852. The molecule has 1 aliphatic rings. The number of benzene rings is 1. The molecule has 5 heteroatoms. The van der Waals surface area contributed by atoms with E-state index in [0.29, 0.717) is 24.4 Å². The van der Waals surface area contributed by atoms with Crippen LogP contribution < -0.4 is 4.90 Å². The number of halogens is 1. The number of hydrogen-bond donors (Lipinski definition) is 0. The maximum absolute atomic E-state index is 12.9. The number of anilines is 1. The van der Waals surface area contributed by atoms with Crippen molar-refractivity contribution in [3.05, 3.63) is 53.7 Å². The van der Waals surface area contributed by atoms with Gasteiger partial charge in [0.25, 0.3) is 5.91 Å². The summed E-state index contributed by atoms with van der Waals surface area (Å²) in [6.45, 7) is 4.59. The summed E-state index contributed by atoms with van der Waals surface area (Å²) in [6, 6.07) is 8.17. The standard InChI is InChI=1S/C16H17FN2O2/c1-12-15(6-11-21-12)16(20)19-9-7-18(8-10-19)14-4-2-13(17)3-5-14/h2-6,11H,7-10H2,1H3. The molecule has 0 bridgehead atoms. The lowest BCUT2D eigenvalue weighted by molar-refractivity contribution is 0.0745. The molecular formula is C16H17FN2O2. The van der Waals surface area contributed by atoms with Crippen molar-refractivity contribution in [2.75, 3.05) is 31.1 Å². The zero-order valence-corrected chi connectivity index (χ0v) is 11.9. The number of aryl methyl sites for hydroxylation is 1. The molecule has 1 fully saturated rings. The summed E-state index contributed by atoms with van der Waals surface area (Å²) in [6.07, 6.45) is 1.54. The molecule has 2 heterocycles. The van der Waals surface area contributed by atoms with Gasteiger partial charge in [-0.15, -0.1) is 0 Å². The first-order valence-corrected chi connectivity index (χ1v) is 6.99. The van der Waals surface area contributed by atoms with E-state index in [1.54, 1.807) is 25.1 Å². The van der Waals surface area contributed by atoms with Crippen LogP contribution in [-0.2, 0) is 0 Å². The van der Waals surface area contributed by atoms with E-state index in [0.717, 1.165) is 18.8 Å². The fourth-order valence-corrected chi connectivity index (χ4v) is 2.60. The Morgan fingerprint density at radius 1 is 1.10 bits per heavy atom. The summed E-state index contributed by atoms with van der Waals surface area (Å²) < 4.78 is 18.1. The summed E-state index contributed by atoms with van der Waals surface area (Å²) in [4.78, 5) is 16.4. The molecule has 0 N–H and O–H groups in total. The Balaban J connectivity index is 1.64. The first-order valence-electron chi connectivity index (χ1n) is 6.99. The molecule has 4 nitrogen and oxygen atoms in total. The number of piperazine rings is 1. The van der Waals surface area contributed by atoms with Crippen LogP contribution in [-0.4, -0.2) is 37.0 Å². The van der Waals surface area contributed by atoms with Crippen molar-refractivity contribution in [3.8, 4) is 0 Å². The van der Waals surface area contributed by atoms with Crippen LogP contribution in [0.1, 0.15) is 16.1 Å². The second-order valence-electron chi connectivity index (χ2n) is 5.15. The maximum atomic E-state index is 12.9. The molecule has 0 aliphatic carbocycles. The zero-order valence-electron chi connectivity index (χ0n) is 11.9. The van der Waals surface area contributed by atoms with Crippen molar-refractivity contribution >= 4 is 11.6 Å². The first-order chi connectivity index (χ1) is 10.1. The molecule has 0 spiro atoms. The molecule has 0 unspecified atom stereocenters. The van der Waals surface area contributed by atoms with Gasteiger partial charge in [-0.25, -0.2) is 4.39 Å². The SMILES string of the molecule is Cc1occc1C(=O)N1CCN(c2ccc(F)cc2)CC1. The Morgan fingerprint density at radius 3 is 2.33 bits per heavy atom. The predicted octanol–water partition coefficient (Wildman–Crippen LogP) is 2.69. The van der Waals surface area contributed by atoms with Crippen LogP contribution >= 0.6 is 0 Å². The van der Waals surface area contributed by atoms with E-state index in [-0.39, 0.29) is 11.7 Å². The second-order valence-corrected chi connectivity index (χ2v) is 5.15. The minimum Gasteiger partial charge on any atom is -0.469 e. The fourth-order valence-electron chi connectivity index (χ4n) is 2.60. The Morgan fingerprint density at radius 2 is 1.76 bits per heavy atom. The number of carbonyl (C=O) groups excluding carboxylic acids is 1. The van der Waals surface area contributed by atoms with Crippen molar-refractivity contribution in [2.45, 2.75) is 6.92 Å². The highest BCUT2D eigenvalue weighted by molar-refractivity contribution is 5.95. The van der Waals surface area contributed by atoms with Gasteiger partial charge in [0, 0.05) is 31.9 Å². The Bertz CT molecular complexity index is 628. The fraction of sp³-hybridized carbons (Fsp3) is 0.312. The molecule has 110 valence electrons. The van der Waals surface area contributed by atoms with Crippen molar-refractivity contribution < 1.29 is 13.6 Å². The van der Waals surface area contributed by atoms with Gasteiger partial charge in [-0.3, -0.25) is 4.79 Å². The molecule has 2 aromatic rings. The third kappa shape index (κ3) is 2.77. The highest BCUT2D eigenvalue weighted by Gasteiger charge is 2.24. The molecule has 1 amide bonds. The second kappa shape index (κ2) is 5.60. The number of hydrogen-bond acceptors (Lipinski definition) is 3. The van der Waals surface area contributed by atoms with E-state index in [4.69, 9.17) is 4.42 Å². The Labute approximate surface area is 122 Å². The monoisotopic (exact) mass is 288 g/mol. The summed E-state index contributed by atoms with van der Waals surface area (Å²) in [5.74, 6) is 0.434. The van der Waals surface area contributed by atoms with Crippen LogP contribution in [0.4, 0.5) is 10.1 Å². The lowest BCUT2D eigenvalue weighted by Gasteiger charge is -2.36. The molecule has 21 heavy (non-hydrogen) atoms. The molecule has 1 aromatic heterocycles. The molecule has 0 radical (unpaired) electrons. The molecule has 0 atom stereocenters. The smallest absolute Gasteiger partial charge is 0.257 e. The number of nitrogens with zero attached hydrogens (tertiary/aromatic N) is 2. The number of amides is 1. The summed E-state index contributed by atoms with van der Waals surface area (Å²) in [7, 11) is 0. The van der Waals surface area contributed by atoms with E-state index >= 15 is 0 Å². The highest BCUT2D eigenvalue weighted by atomic mass is 19.1. The highest BCUT2D eigenvalue weighted by Crippen LogP contribution is 2.19. The number of rotatable bonds is 2. The third-order valence-corrected chi connectivity index (χ3v) is 3.85. The largest absolute Gasteiger partial charge is 0.469 e. The summed E-state index contributed by atoms with van der Waals surface area (Å²) >= 11 is 0. The van der Waals surface area contributed by atoms with Crippen LogP contribution in [0.2, 0.25) is 0 Å². The van der Waals surface area contributed by atoms with E-state index in [1.165, 1.54) is 18.4 Å². The van der Waals surface area contributed by atoms with E-state index in [2.05, 4.69) is 4.90 Å². The van der Waals surface area contributed by atoms with Gasteiger partial charge in [0.15, 0.2) is 0 Å². The van der Waals surface area contributed by atoms with Gasteiger partial charge >= 0.3 is 0 Å². The van der Waals surface area contributed by atoms with Gasteiger partial charge in [-0.05, 0) is 37.3 Å². The molecule has 1 aliphatic heterocycles. The lowest BCUT2D eigenvalue weighted by atomic mass is 10.2. The maximum Gasteiger partial charge on any atom is 0.257 e. The summed E-state index contributed by atoms with van der Waals surface area (Å²) in [5, 5.41) is 0. The molecule has 1 saturated heterocycles. The number of furan rings is 1. The average molecular weight is 288 g/mol. The third-order valence-electron chi connectivity index (χ3n) is 3.85. The van der Waals surface area contributed by atoms with Crippen LogP contribution in [0.25, 0.3) is 0 Å². The molecule has 1 aromatic carbocycles. The van der Waals surface area contributed by atoms with Crippen LogP contribution in [0.3, 0.4) is 0 Å². The average Bonchev–Trinajstić information content (AvgIpc) is 2.94. The Hall–Kier alpha value is -2.30. The van der Waals surface area contributed by atoms with Gasteiger partial charge in [-0.2, -0.15) is 0 Å². The van der Waals surface area contributed by atoms with Crippen molar-refractivity contribution in [1.82, 2.24) is 4.90 Å². The topological polar surface area (TPSA) is 36.7 Å². The molecule has 0 saturated carbocycles. The van der Waals surface area contributed by atoms with Crippen molar-refractivity contribution in [2.24, 2.45) is 0 Å². The van der Waals surface area contributed by atoms with Crippen LogP contribution in [0.5, 0.6) is 0 Å². The van der Waals surface area contributed by atoms with Gasteiger partial charge in [0.1, 0.15) is 11.6 Å². The van der Waals surface area contributed by atoms with Gasteiger partial charge < -0.3 is 14.2 Å². The van der Waals surface area contributed by atoms with Crippen molar-refractivity contribution in [3.63, 3.8) is 0 Å². The van der Waals surface area contributed by atoms with Crippen LogP contribution in [0, 0.1) is 12.7 Å². The van der Waals surface area contributed by atoms with Crippen molar-refractivity contribution in [1.29, 1.82) is 0 Å². The first kappa shape index (κ1) is 13.7. The van der Waals surface area contributed by atoms with Gasteiger partial charge in [0.2, 0.25) is 0 Å². The summed E-state index contributed by atoms with van der Waals surface area (Å²) in [5.41, 5.74) is 1.62.